The zero-order valence-corrected chi connectivity index (χ0v) is 8.50. The van der Waals surface area contributed by atoms with E-state index in [2.05, 4.69) is 4.98 Å². The van der Waals surface area contributed by atoms with Gasteiger partial charge in [-0.1, -0.05) is 17.7 Å². The molecule has 1 aromatic heterocycles. The molecule has 4 heteroatoms. The van der Waals surface area contributed by atoms with Crippen molar-refractivity contribution < 1.29 is 4.39 Å². The smallest absolute Gasteiger partial charge is 0.148 e. The second-order valence-corrected chi connectivity index (χ2v) is 3.53. The predicted octanol–water partition coefficient (Wildman–Crippen LogP) is 3.12. The first-order chi connectivity index (χ1) is 7.18. The molecule has 15 heavy (non-hydrogen) atoms. The summed E-state index contributed by atoms with van der Waals surface area (Å²) in [5.74, 6) is -0.513. The second kappa shape index (κ2) is 3.87. The quantitative estimate of drug-likeness (QED) is 0.753. The van der Waals surface area contributed by atoms with Crippen molar-refractivity contribution >= 4 is 17.3 Å². The summed E-state index contributed by atoms with van der Waals surface area (Å²) in [5.41, 5.74) is 7.02. The van der Waals surface area contributed by atoms with Crippen molar-refractivity contribution in [3.63, 3.8) is 0 Å². The normalized spacial score (nSPS) is 10.3. The van der Waals surface area contributed by atoms with E-state index in [1.807, 2.05) is 0 Å². The second-order valence-electron chi connectivity index (χ2n) is 3.09. The van der Waals surface area contributed by atoms with Gasteiger partial charge in [0.2, 0.25) is 0 Å². The van der Waals surface area contributed by atoms with Gasteiger partial charge in [0.15, 0.2) is 0 Å². The van der Waals surface area contributed by atoms with E-state index in [1.54, 1.807) is 30.6 Å². The fraction of sp³-hybridized carbons (Fsp3) is 0. The number of hydrogen-bond donors (Lipinski definition) is 1. The Kier molecular flexibility index (Phi) is 2.56. The van der Waals surface area contributed by atoms with Gasteiger partial charge in [0.25, 0.3) is 0 Å². The first-order valence-corrected chi connectivity index (χ1v) is 4.71. The lowest BCUT2D eigenvalue weighted by Crippen LogP contribution is -1.94. The summed E-state index contributed by atoms with van der Waals surface area (Å²) in [6.07, 6.45) is 3.25. The van der Waals surface area contributed by atoms with E-state index in [0.29, 0.717) is 10.6 Å². The van der Waals surface area contributed by atoms with Crippen molar-refractivity contribution in [3.05, 3.63) is 47.5 Å². The molecule has 2 N–H and O–H groups in total. The molecule has 0 unspecified atom stereocenters. The Labute approximate surface area is 91.5 Å². The van der Waals surface area contributed by atoms with Gasteiger partial charge < -0.3 is 5.73 Å². The van der Waals surface area contributed by atoms with Crippen LogP contribution in [0, 0.1) is 5.82 Å². The zero-order chi connectivity index (χ0) is 10.8. The van der Waals surface area contributed by atoms with Gasteiger partial charge in [-0.05, 0) is 18.2 Å². The van der Waals surface area contributed by atoms with Crippen molar-refractivity contribution in [2.45, 2.75) is 0 Å². The number of nitrogen functional groups attached to an aromatic ring is 1. The van der Waals surface area contributed by atoms with Gasteiger partial charge in [-0.25, -0.2) is 4.39 Å². The molecule has 0 saturated carbocycles. The number of nitrogens with zero attached hydrogens (tertiary/aromatic N) is 1. The molecule has 0 radical (unpaired) electrons. The molecule has 0 aliphatic heterocycles. The molecular formula is C11H8ClFN2. The maximum Gasteiger partial charge on any atom is 0.148 e. The molecular weight excluding hydrogens is 215 g/mol. The summed E-state index contributed by atoms with van der Waals surface area (Å²) in [6, 6.07) is 6.37. The van der Waals surface area contributed by atoms with Gasteiger partial charge in [-0.3, -0.25) is 4.98 Å². The van der Waals surface area contributed by atoms with Gasteiger partial charge in [-0.15, -0.1) is 0 Å². The lowest BCUT2D eigenvalue weighted by Gasteiger charge is -2.06. The van der Waals surface area contributed by atoms with Crippen LogP contribution in [0.3, 0.4) is 0 Å². The van der Waals surface area contributed by atoms with Crippen molar-refractivity contribution in [1.82, 2.24) is 4.98 Å². The number of benzene rings is 1. The summed E-state index contributed by atoms with van der Waals surface area (Å²) in [5, 5.41) is 0.320. The minimum atomic E-state index is -0.513. The number of pyridine rings is 1. The van der Waals surface area contributed by atoms with Crippen LogP contribution < -0.4 is 5.73 Å². The maximum absolute atomic E-state index is 13.3. The third-order valence-electron chi connectivity index (χ3n) is 2.07. The number of anilines is 1. The highest BCUT2D eigenvalue weighted by molar-refractivity contribution is 6.31. The fourth-order valence-electron chi connectivity index (χ4n) is 1.35. The van der Waals surface area contributed by atoms with E-state index in [4.69, 9.17) is 17.3 Å². The summed E-state index contributed by atoms with van der Waals surface area (Å²) in [7, 11) is 0. The van der Waals surface area contributed by atoms with Crippen LogP contribution in [-0.2, 0) is 0 Å². The summed E-state index contributed by atoms with van der Waals surface area (Å²) in [4.78, 5) is 3.94. The summed E-state index contributed by atoms with van der Waals surface area (Å²) >= 11 is 5.76. The van der Waals surface area contributed by atoms with Gasteiger partial charge in [-0.2, -0.15) is 0 Å². The first kappa shape index (κ1) is 9.93. The molecule has 0 saturated heterocycles. The Bertz CT molecular complexity index is 485. The Morgan fingerprint density at radius 2 is 2.13 bits per heavy atom. The highest BCUT2D eigenvalue weighted by Crippen LogP contribution is 2.30. The molecule has 0 bridgehead atoms. The van der Waals surface area contributed by atoms with Crippen LogP contribution in [0.1, 0.15) is 0 Å². The SMILES string of the molecule is Nc1c(F)cc(Cl)cc1-c1cccnc1. The first-order valence-electron chi connectivity index (χ1n) is 4.33. The Balaban J connectivity index is 2.63. The average Bonchev–Trinajstić information content (AvgIpc) is 2.24. The van der Waals surface area contributed by atoms with E-state index in [0.717, 1.165) is 5.56 Å². The molecule has 2 nitrogen and oxygen atoms in total. The van der Waals surface area contributed by atoms with Crippen LogP contribution in [0.15, 0.2) is 36.7 Å². The van der Waals surface area contributed by atoms with Crippen LogP contribution in [0.5, 0.6) is 0 Å². The summed E-state index contributed by atoms with van der Waals surface area (Å²) in [6.45, 7) is 0. The lowest BCUT2D eigenvalue weighted by atomic mass is 10.1. The topological polar surface area (TPSA) is 38.9 Å². The summed E-state index contributed by atoms with van der Waals surface area (Å²) < 4.78 is 13.3. The molecule has 0 aliphatic carbocycles. The van der Waals surface area contributed by atoms with Crippen LogP contribution in [0.2, 0.25) is 5.02 Å². The van der Waals surface area contributed by atoms with Crippen molar-refractivity contribution in [3.8, 4) is 11.1 Å². The number of nitrogens with two attached hydrogens (primary N) is 1. The van der Waals surface area contributed by atoms with E-state index in [1.165, 1.54) is 6.07 Å². The third-order valence-corrected chi connectivity index (χ3v) is 2.29. The van der Waals surface area contributed by atoms with E-state index < -0.39 is 5.82 Å². The minimum Gasteiger partial charge on any atom is -0.396 e. The van der Waals surface area contributed by atoms with E-state index >= 15 is 0 Å². The standard InChI is InChI=1S/C11H8ClFN2/c12-8-4-9(11(14)10(13)5-8)7-2-1-3-15-6-7/h1-6H,14H2. The monoisotopic (exact) mass is 222 g/mol. The average molecular weight is 223 g/mol. The molecule has 2 rings (SSSR count). The number of halogens is 2. The van der Waals surface area contributed by atoms with Crippen molar-refractivity contribution in [1.29, 1.82) is 0 Å². The van der Waals surface area contributed by atoms with Gasteiger partial charge in [0, 0.05) is 28.5 Å². The van der Waals surface area contributed by atoms with Gasteiger partial charge in [0.05, 0.1) is 5.69 Å². The highest BCUT2D eigenvalue weighted by atomic mass is 35.5. The Hall–Kier alpha value is -1.61. The third kappa shape index (κ3) is 1.92. The van der Waals surface area contributed by atoms with E-state index in [9.17, 15) is 4.39 Å². The molecule has 2 aromatic rings. The fourth-order valence-corrected chi connectivity index (χ4v) is 1.55. The highest BCUT2D eigenvalue weighted by Gasteiger charge is 2.08. The Morgan fingerprint density at radius 3 is 2.80 bits per heavy atom. The Morgan fingerprint density at radius 1 is 1.33 bits per heavy atom. The molecule has 0 atom stereocenters. The molecule has 0 amide bonds. The van der Waals surface area contributed by atoms with Crippen LogP contribution in [0.25, 0.3) is 11.1 Å². The van der Waals surface area contributed by atoms with Crippen LogP contribution in [0.4, 0.5) is 10.1 Å². The molecule has 1 aromatic carbocycles. The van der Waals surface area contributed by atoms with Gasteiger partial charge >= 0.3 is 0 Å². The van der Waals surface area contributed by atoms with Crippen molar-refractivity contribution in [2.75, 3.05) is 5.73 Å². The molecule has 76 valence electrons. The maximum atomic E-state index is 13.3. The number of rotatable bonds is 1. The minimum absolute atomic E-state index is 0.0902. The zero-order valence-electron chi connectivity index (χ0n) is 7.74. The number of hydrogen-bond acceptors (Lipinski definition) is 2. The van der Waals surface area contributed by atoms with Gasteiger partial charge in [0.1, 0.15) is 5.82 Å². The van der Waals surface area contributed by atoms with Crippen molar-refractivity contribution in [2.24, 2.45) is 0 Å². The largest absolute Gasteiger partial charge is 0.396 e. The molecule has 0 spiro atoms. The van der Waals surface area contributed by atoms with E-state index in [-0.39, 0.29) is 5.69 Å². The van der Waals surface area contributed by atoms with Crippen LogP contribution >= 0.6 is 11.6 Å². The predicted molar refractivity (Wildman–Crippen MR) is 59.1 cm³/mol. The number of aromatic nitrogens is 1. The molecule has 0 fully saturated rings. The molecule has 0 aliphatic rings. The van der Waals surface area contributed by atoms with Crippen LogP contribution in [-0.4, -0.2) is 4.98 Å². The lowest BCUT2D eigenvalue weighted by molar-refractivity contribution is 0.633. The molecule has 1 heterocycles.